The van der Waals surface area contributed by atoms with Crippen LogP contribution in [0.5, 0.6) is 5.75 Å². The maximum absolute atomic E-state index is 6.33. The van der Waals surface area contributed by atoms with Crippen molar-refractivity contribution in [2.24, 2.45) is 0 Å². The number of nitrogens with zero attached hydrogens (tertiary/aromatic N) is 2. The molecule has 0 aliphatic heterocycles. The van der Waals surface area contributed by atoms with Crippen molar-refractivity contribution in [1.82, 2.24) is 9.55 Å². The SMILES string of the molecule is COc1ccc2c(c1)nc(C(C)Cl)n2-c1ccccc1Br. The van der Waals surface area contributed by atoms with Gasteiger partial charge in [0.15, 0.2) is 0 Å². The first-order valence-electron chi connectivity index (χ1n) is 6.57. The van der Waals surface area contributed by atoms with Gasteiger partial charge in [0.2, 0.25) is 0 Å². The van der Waals surface area contributed by atoms with E-state index in [-0.39, 0.29) is 5.38 Å². The molecular weight excluding hydrogens is 352 g/mol. The van der Waals surface area contributed by atoms with Crippen molar-refractivity contribution in [2.75, 3.05) is 7.11 Å². The third-order valence-corrected chi connectivity index (χ3v) is 4.20. The van der Waals surface area contributed by atoms with Crippen molar-refractivity contribution in [3.63, 3.8) is 0 Å². The van der Waals surface area contributed by atoms with Gasteiger partial charge in [-0.25, -0.2) is 4.98 Å². The molecule has 1 atom stereocenters. The molecule has 0 fully saturated rings. The maximum atomic E-state index is 6.33. The summed E-state index contributed by atoms with van der Waals surface area (Å²) in [4.78, 5) is 4.67. The molecule has 1 heterocycles. The molecule has 0 saturated carbocycles. The van der Waals surface area contributed by atoms with E-state index >= 15 is 0 Å². The van der Waals surface area contributed by atoms with Crippen LogP contribution in [0, 0.1) is 0 Å². The van der Waals surface area contributed by atoms with Crippen LogP contribution in [0.3, 0.4) is 0 Å². The number of halogens is 2. The minimum absolute atomic E-state index is 0.199. The molecule has 0 N–H and O–H groups in total. The molecule has 0 radical (unpaired) electrons. The van der Waals surface area contributed by atoms with Gasteiger partial charge in [0.1, 0.15) is 11.6 Å². The van der Waals surface area contributed by atoms with Crippen molar-refractivity contribution in [3.8, 4) is 11.4 Å². The fourth-order valence-corrected chi connectivity index (χ4v) is 2.97. The molecule has 108 valence electrons. The van der Waals surface area contributed by atoms with Crippen LogP contribution in [-0.2, 0) is 0 Å². The summed E-state index contributed by atoms with van der Waals surface area (Å²) in [6.07, 6.45) is 0. The number of ether oxygens (including phenoxy) is 1. The van der Waals surface area contributed by atoms with E-state index in [1.165, 1.54) is 0 Å². The lowest BCUT2D eigenvalue weighted by Crippen LogP contribution is -2.02. The van der Waals surface area contributed by atoms with Gasteiger partial charge < -0.3 is 4.74 Å². The molecule has 0 aliphatic rings. The molecule has 3 nitrogen and oxygen atoms in total. The van der Waals surface area contributed by atoms with Gasteiger partial charge in [0.05, 0.1) is 29.2 Å². The fourth-order valence-electron chi connectivity index (χ4n) is 2.36. The average Bonchev–Trinajstić information content (AvgIpc) is 2.86. The molecule has 21 heavy (non-hydrogen) atoms. The average molecular weight is 366 g/mol. The van der Waals surface area contributed by atoms with Gasteiger partial charge in [-0.05, 0) is 47.1 Å². The number of rotatable bonds is 3. The molecule has 0 bridgehead atoms. The maximum Gasteiger partial charge on any atom is 0.132 e. The van der Waals surface area contributed by atoms with E-state index in [2.05, 4.69) is 25.5 Å². The number of hydrogen-bond acceptors (Lipinski definition) is 2. The number of fused-ring (bicyclic) bond motifs is 1. The van der Waals surface area contributed by atoms with Crippen molar-refractivity contribution >= 4 is 38.6 Å². The Morgan fingerprint density at radius 2 is 2.00 bits per heavy atom. The Morgan fingerprint density at radius 1 is 1.24 bits per heavy atom. The first-order valence-corrected chi connectivity index (χ1v) is 7.80. The Balaban J connectivity index is 2.34. The van der Waals surface area contributed by atoms with Crippen LogP contribution >= 0.6 is 27.5 Å². The standard InChI is InChI=1S/C16H14BrClN2O/c1-10(18)16-19-13-9-11(21-2)7-8-15(13)20(16)14-6-4-3-5-12(14)17/h3-10H,1-2H3. The molecule has 2 aromatic carbocycles. The second-order valence-electron chi connectivity index (χ2n) is 4.73. The molecule has 0 saturated heterocycles. The number of para-hydroxylation sites is 1. The highest BCUT2D eigenvalue weighted by Gasteiger charge is 2.18. The summed E-state index contributed by atoms with van der Waals surface area (Å²) >= 11 is 9.92. The van der Waals surface area contributed by atoms with E-state index in [0.29, 0.717) is 0 Å². The van der Waals surface area contributed by atoms with Crippen LogP contribution < -0.4 is 4.74 Å². The highest BCUT2D eigenvalue weighted by atomic mass is 79.9. The number of methoxy groups -OCH3 is 1. The number of benzene rings is 2. The number of imidazole rings is 1. The van der Waals surface area contributed by atoms with Gasteiger partial charge >= 0.3 is 0 Å². The molecule has 1 aromatic heterocycles. The lowest BCUT2D eigenvalue weighted by molar-refractivity contribution is 0.415. The molecule has 0 amide bonds. The second-order valence-corrected chi connectivity index (χ2v) is 6.24. The summed E-state index contributed by atoms with van der Waals surface area (Å²) in [5.74, 6) is 1.60. The minimum atomic E-state index is -0.199. The highest BCUT2D eigenvalue weighted by Crippen LogP contribution is 2.32. The van der Waals surface area contributed by atoms with Crippen LogP contribution in [0.2, 0.25) is 0 Å². The first-order chi connectivity index (χ1) is 10.1. The Bertz CT molecular complexity index is 798. The van der Waals surface area contributed by atoms with Crippen molar-refractivity contribution in [2.45, 2.75) is 12.3 Å². The molecule has 5 heteroatoms. The normalized spacial score (nSPS) is 12.6. The predicted octanol–water partition coefficient (Wildman–Crippen LogP) is 5.10. The first kappa shape index (κ1) is 14.4. The number of hydrogen-bond donors (Lipinski definition) is 0. The van der Waals surface area contributed by atoms with E-state index < -0.39 is 0 Å². The summed E-state index contributed by atoms with van der Waals surface area (Å²) in [7, 11) is 1.65. The van der Waals surface area contributed by atoms with E-state index in [1.807, 2.05) is 49.4 Å². The third-order valence-electron chi connectivity index (χ3n) is 3.34. The predicted molar refractivity (Wildman–Crippen MR) is 89.6 cm³/mol. The minimum Gasteiger partial charge on any atom is -0.497 e. The second kappa shape index (κ2) is 5.70. The topological polar surface area (TPSA) is 27.1 Å². The van der Waals surface area contributed by atoms with Gasteiger partial charge in [-0.15, -0.1) is 11.6 Å². The van der Waals surface area contributed by atoms with Gasteiger partial charge in [0.25, 0.3) is 0 Å². The van der Waals surface area contributed by atoms with E-state index in [9.17, 15) is 0 Å². The molecule has 3 rings (SSSR count). The number of aromatic nitrogens is 2. The monoisotopic (exact) mass is 364 g/mol. The van der Waals surface area contributed by atoms with Gasteiger partial charge in [0, 0.05) is 10.5 Å². The van der Waals surface area contributed by atoms with Gasteiger partial charge in [-0.1, -0.05) is 12.1 Å². The van der Waals surface area contributed by atoms with Crippen molar-refractivity contribution in [1.29, 1.82) is 0 Å². The molecule has 0 spiro atoms. The molecular formula is C16H14BrClN2O. The third kappa shape index (κ3) is 2.54. The molecule has 0 aliphatic carbocycles. The lowest BCUT2D eigenvalue weighted by atomic mass is 10.2. The van der Waals surface area contributed by atoms with Gasteiger partial charge in [-0.3, -0.25) is 4.57 Å². The molecule has 3 aromatic rings. The van der Waals surface area contributed by atoms with Crippen LogP contribution in [0.25, 0.3) is 16.7 Å². The van der Waals surface area contributed by atoms with Crippen molar-refractivity contribution in [3.05, 3.63) is 52.8 Å². The summed E-state index contributed by atoms with van der Waals surface area (Å²) in [6.45, 7) is 1.92. The van der Waals surface area contributed by atoms with Crippen molar-refractivity contribution < 1.29 is 4.74 Å². The van der Waals surface area contributed by atoms with E-state index in [4.69, 9.17) is 16.3 Å². The lowest BCUT2D eigenvalue weighted by Gasteiger charge is -2.12. The highest BCUT2D eigenvalue weighted by molar-refractivity contribution is 9.10. The Kier molecular flexibility index (Phi) is 3.91. The summed E-state index contributed by atoms with van der Waals surface area (Å²) in [5.41, 5.74) is 2.89. The largest absolute Gasteiger partial charge is 0.497 e. The zero-order chi connectivity index (χ0) is 15.0. The number of alkyl halides is 1. The van der Waals surface area contributed by atoms with Crippen LogP contribution in [-0.4, -0.2) is 16.7 Å². The Hall–Kier alpha value is -1.52. The fraction of sp³-hybridized carbons (Fsp3) is 0.188. The van der Waals surface area contributed by atoms with E-state index in [0.717, 1.165) is 32.8 Å². The summed E-state index contributed by atoms with van der Waals surface area (Å²) in [6, 6.07) is 13.9. The zero-order valence-corrected chi connectivity index (χ0v) is 14.0. The smallest absolute Gasteiger partial charge is 0.132 e. The zero-order valence-electron chi connectivity index (χ0n) is 11.7. The Labute approximate surface area is 136 Å². The Morgan fingerprint density at radius 3 is 2.67 bits per heavy atom. The van der Waals surface area contributed by atoms with Crippen LogP contribution in [0.15, 0.2) is 46.9 Å². The van der Waals surface area contributed by atoms with Crippen LogP contribution in [0.1, 0.15) is 18.1 Å². The summed E-state index contributed by atoms with van der Waals surface area (Å²) < 4.78 is 8.35. The van der Waals surface area contributed by atoms with Gasteiger partial charge in [-0.2, -0.15) is 0 Å². The quantitative estimate of drug-likeness (QED) is 0.604. The van der Waals surface area contributed by atoms with Crippen LogP contribution in [0.4, 0.5) is 0 Å². The van der Waals surface area contributed by atoms with E-state index in [1.54, 1.807) is 7.11 Å². The molecule has 1 unspecified atom stereocenters. The summed E-state index contributed by atoms with van der Waals surface area (Å²) in [5, 5.41) is -0.199.